The highest BCUT2D eigenvalue weighted by Crippen LogP contribution is 2.53. The summed E-state index contributed by atoms with van der Waals surface area (Å²) in [6, 6.07) is 11.5. The van der Waals surface area contributed by atoms with E-state index >= 15 is 0 Å². The summed E-state index contributed by atoms with van der Waals surface area (Å²) >= 11 is 3.44. The number of ether oxygens (including phenoxy) is 1. The van der Waals surface area contributed by atoms with Crippen molar-refractivity contribution >= 4 is 27.5 Å². The smallest absolute Gasteiger partial charge is 0.256 e. The molecular weight excluding hydrogens is 414 g/mol. The van der Waals surface area contributed by atoms with Crippen LogP contribution in [0.2, 0.25) is 0 Å². The molecule has 2 aromatic carbocycles. The number of hydrogen-bond acceptors (Lipinski definition) is 5. The number of rotatable bonds is 3. The minimum absolute atomic E-state index is 0.323. The average Bonchev–Trinajstić information content (AvgIpc) is 3.11. The van der Waals surface area contributed by atoms with E-state index in [-0.39, 0.29) is 10.8 Å². The lowest BCUT2D eigenvalue weighted by Gasteiger charge is -2.30. The fourth-order valence-corrected chi connectivity index (χ4v) is 4.93. The number of nitro groups is 1. The van der Waals surface area contributed by atoms with Gasteiger partial charge in [-0.05, 0) is 31.3 Å². The highest BCUT2D eigenvalue weighted by atomic mass is 79.9. The third-order valence-electron chi connectivity index (χ3n) is 5.63. The van der Waals surface area contributed by atoms with Gasteiger partial charge in [-0.25, -0.2) is 0 Å². The first-order chi connectivity index (χ1) is 12.9. The van der Waals surface area contributed by atoms with E-state index in [2.05, 4.69) is 21.2 Å². The largest absolute Gasteiger partial charge is 0.496 e. The predicted molar refractivity (Wildman–Crippen MR) is 104 cm³/mol. The van der Waals surface area contributed by atoms with Crippen LogP contribution in [-0.2, 0) is 10.3 Å². The van der Waals surface area contributed by atoms with Gasteiger partial charge in [0.25, 0.3) is 11.9 Å². The molecule has 27 heavy (non-hydrogen) atoms. The highest BCUT2D eigenvalue weighted by molar-refractivity contribution is 9.10. The van der Waals surface area contributed by atoms with Gasteiger partial charge in [0.2, 0.25) is 0 Å². The zero-order chi connectivity index (χ0) is 19.3. The van der Waals surface area contributed by atoms with Crippen LogP contribution in [0.1, 0.15) is 17.0 Å². The number of benzene rings is 2. The Morgan fingerprint density at radius 2 is 2.07 bits per heavy atom. The molecule has 0 radical (unpaired) electrons. The van der Waals surface area contributed by atoms with Gasteiger partial charge in [-0.15, -0.1) is 0 Å². The van der Waals surface area contributed by atoms with Crippen LogP contribution in [0.25, 0.3) is 0 Å². The normalized spacial score (nSPS) is 26.9. The van der Waals surface area contributed by atoms with E-state index in [9.17, 15) is 14.9 Å². The van der Waals surface area contributed by atoms with Gasteiger partial charge in [0, 0.05) is 32.8 Å². The van der Waals surface area contributed by atoms with E-state index in [0.717, 1.165) is 10.0 Å². The maximum absolute atomic E-state index is 13.1. The molecule has 1 fully saturated rings. The number of carbonyl (C=O) groups is 1. The van der Waals surface area contributed by atoms with Gasteiger partial charge in [0.15, 0.2) is 5.54 Å². The lowest BCUT2D eigenvalue weighted by Crippen LogP contribution is -2.54. The van der Waals surface area contributed by atoms with Crippen molar-refractivity contribution in [2.24, 2.45) is 0 Å². The molecule has 8 heteroatoms. The first-order valence-electron chi connectivity index (χ1n) is 8.50. The minimum atomic E-state index is -1.35. The third kappa shape index (κ3) is 2.40. The number of halogens is 1. The molecule has 1 N–H and O–H groups in total. The van der Waals surface area contributed by atoms with Gasteiger partial charge in [-0.1, -0.05) is 34.1 Å². The molecule has 140 valence electrons. The topological polar surface area (TPSA) is 84.7 Å². The lowest BCUT2D eigenvalue weighted by molar-refractivity contribution is -0.534. The third-order valence-corrected chi connectivity index (χ3v) is 6.13. The number of amides is 1. The summed E-state index contributed by atoms with van der Waals surface area (Å²) in [5.41, 5.74) is 0.645. The van der Waals surface area contributed by atoms with Crippen molar-refractivity contribution in [1.82, 2.24) is 4.90 Å². The summed E-state index contributed by atoms with van der Waals surface area (Å²) in [5, 5.41) is 15.1. The van der Waals surface area contributed by atoms with Crippen LogP contribution in [0.15, 0.2) is 46.9 Å². The number of methoxy groups -OCH3 is 1. The Labute approximate surface area is 164 Å². The zero-order valence-corrected chi connectivity index (χ0v) is 16.4. The summed E-state index contributed by atoms with van der Waals surface area (Å²) in [5.74, 6) is -0.286. The zero-order valence-electron chi connectivity index (χ0n) is 14.8. The van der Waals surface area contributed by atoms with Crippen molar-refractivity contribution < 1.29 is 14.5 Å². The number of para-hydroxylation sites is 1. The minimum Gasteiger partial charge on any atom is -0.496 e. The number of anilines is 1. The van der Waals surface area contributed by atoms with Crippen LogP contribution in [0, 0.1) is 10.1 Å². The van der Waals surface area contributed by atoms with Gasteiger partial charge >= 0.3 is 0 Å². The molecule has 0 aromatic heterocycles. The fraction of sp³-hybridized carbons (Fsp3) is 0.316. The second kappa shape index (κ2) is 6.31. The molecular formula is C19H18BrN3O4. The predicted octanol–water partition coefficient (Wildman–Crippen LogP) is 2.98. The number of hydrogen-bond donors (Lipinski definition) is 1. The van der Waals surface area contributed by atoms with E-state index in [1.165, 1.54) is 0 Å². The molecule has 1 amide bonds. The van der Waals surface area contributed by atoms with Crippen molar-refractivity contribution in [3.05, 3.63) is 68.2 Å². The Balaban J connectivity index is 1.93. The number of carbonyl (C=O) groups excluding carboxylic acids is 1. The number of likely N-dealkylation sites (N-methyl/N-ethyl adjacent to an activating group) is 1. The average molecular weight is 432 g/mol. The molecule has 4 rings (SSSR count). The molecule has 2 heterocycles. The SMILES string of the molecule is COc1ccc(Br)cc1[C@@H]1CN(C)[C@@]2(C(=O)Nc3ccccc32)[C@H]1[N+](=O)[O-]. The fourth-order valence-electron chi connectivity index (χ4n) is 4.56. The van der Waals surface area contributed by atoms with Crippen molar-refractivity contribution in [3.63, 3.8) is 0 Å². The number of fused-ring (bicyclic) bond motifs is 2. The summed E-state index contributed by atoms with van der Waals surface area (Å²) in [6.07, 6.45) is 0. The van der Waals surface area contributed by atoms with Crippen LogP contribution in [0.4, 0.5) is 5.69 Å². The van der Waals surface area contributed by atoms with E-state index in [1.807, 2.05) is 18.2 Å². The van der Waals surface area contributed by atoms with Gasteiger partial charge in [-0.3, -0.25) is 19.8 Å². The molecule has 0 aliphatic carbocycles. The van der Waals surface area contributed by atoms with Crippen molar-refractivity contribution in [2.45, 2.75) is 17.5 Å². The van der Waals surface area contributed by atoms with Crippen molar-refractivity contribution in [3.8, 4) is 5.75 Å². The maximum Gasteiger partial charge on any atom is 0.256 e. The van der Waals surface area contributed by atoms with Gasteiger partial charge < -0.3 is 10.1 Å². The van der Waals surface area contributed by atoms with Crippen LogP contribution in [0.3, 0.4) is 0 Å². The van der Waals surface area contributed by atoms with Gasteiger partial charge in [0.1, 0.15) is 5.75 Å². The Bertz CT molecular complexity index is 950. The Morgan fingerprint density at radius 1 is 1.33 bits per heavy atom. The number of nitrogens with zero attached hydrogens (tertiary/aromatic N) is 2. The summed E-state index contributed by atoms with van der Waals surface area (Å²) in [4.78, 5) is 26.8. The van der Waals surface area contributed by atoms with E-state index < -0.39 is 17.5 Å². The van der Waals surface area contributed by atoms with E-state index in [1.54, 1.807) is 43.3 Å². The standard InChI is InChI=1S/C19H18BrN3O4/c1-22-10-13(12-9-11(20)7-8-16(12)27-2)17(23(25)26)19(22)14-5-3-4-6-15(14)21-18(19)24/h3-9,13,17H,10H2,1-2H3,(H,21,24)/t13-,17-,19+/m0/s1. The quantitative estimate of drug-likeness (QED) is 0.596. The molecule has 0 bridgehead atoms. The van der Waals surface area contributed by atoms with Crippen LogP contribution >= 0.6 is 15.9 Å². The second-order valence-electron chi connectivity index (χ2n) is 6.87. The molecule has 0 unspecified atom stereocenters. The number of likely N-dealkylation sites (tertiary alicyclic amines) is 1. The first kappa shape index (κ1) is 17.9. The molecule has 1 spiro atoms. The summed E-state index contributed by atoms with van der Waals surface area (Å²) in [6.45, 7) is 0.361. The van der Waals surface area contributed by atoms with Gasteiger partial charge in [-0.2, -0.15) is 0 Å². The van der Waals surface area contributed by atoms with Gasteiger partial charge in [0.05, 0.1) is 13.0 Å². The van der Waals surface area contributed by atoms with Crippen LogP contribution in [0.5, 0.6) is 5.75 Å². The maximum atomic E-state index is 13.1. The second-order valence-corrected chi connectivity index (χ2v) is 7.79. The summed E-state index contributed by atoms with van der Waals surface area (Å²) in [7, 11) is 3.31. The molecule has 3 atom stereocenters. The van der Waals surface area contributed by atoms with E-state index in [4.69, 9.17) is 4.74 Å². The highest BCUT2D eigenvalue weighted by Gasteiger charge is 2.68. The van der Waals surface area contributed by atoms with Crippen LogP contribution in [-0.4, -0.2) is 42.5 Å². The molecule has 2 aliphatic rings. The Hall–Kier alpha value is -2.45. The van der Waals surface area contributed by atoms with Crippen molar-refractivity contribution in [1.29, 1.82) is 0 Å². The molecule has 1 saturated heterocycles. The van der Waals surface area contributed by atoms with Crippen molar-refractivity contribution in [2.75, 3.05) is 26.0 Å². The Morgan fingerprint density at radius 3 is 2.78 bits per heavy atom. The molecule has 0 saturated carbocycles. The summed E-state index contributed by atoms with van der Waals surface area (Å²) < 4.78 is 6.27. The Kier molecular flexibility index (Phi) is 4.20. The molecule has 2 aromatic rings. The molecule has 7 nitrogen and oxygen atoms in total. The van der Waals surface area contributed by atoms with E-state index in [0.29, 0.717) is 23.5 Å². The van der Waals surface area contributed by atoms with Crippen LogP contribution < -0.4 is 10.1 Å². The monoisotopic (exact) mass is 431 g/mol. The molecule has 2 aliphatic heterocycles. The first-order valence-corrected chi connectivity index (χ1v) is 9.29. The number of nitrogens with one attached hydrogen (secondary N) is 1. The lowest BCUT2D eigenvalue weighted by atomic mass is 9.79.